The van der Waals surface area contributed by atoms with E-state index in [1.54, 1.807) is 12.1 Å². The average molecular weight is 351 g/mol. The fraction of sp³-hybridized carbons (Fsp3) is 0.467. The first-order valence-corrected chi connectivity index (χ1v) is 8.10. The molecule has 0 bridgehead atoms. The van der Waals surface area contributed by atoms with Crippen molar-refractivity contribution in [3.05, 3.63) is 39.9 Å². The van der Waals surface area contributed by atoms with Crippen LogP contribution in [0.3, 0.4) is 0 Å². The second kappa shape index (κ2) is 9.26. The largest absolute Gasteiger partial charge is 0.379 e. The number of hydrazone groups is 1. The Hall–Kier alpha value is -2.10. The normalized spacial score (nSPS) is 15.8. The first kappa shape index (κ1) is 18.2. The van der Waals surface area contributed by atoms with Gasteiger partial charge in [0, 0.05) is 38.3 Å². The van der Waals surface area contributed by atoms with Crippen LogP contribution >= 0.6 is 12.2 Å². The maximum absolute atomic E-state index is 10.6. The highest BCUT2D eigenvalue weighted by atomic mass is 32.1. The molecule has 0 unspecified atom stereocenters. The Morgan fingerprint density at radius 1 is 1.38 bits per heavy atom. The van der Waals surface area contributed by atoms with Crippen LogP contribution in [0.15, 0.2) is 29.4 Å². The standard InChI is InChI=1S/C15H21N5O3S/c1-12(13-2-4-14(5-3-13)20(21)22)17-18-15(24)16-6-7-19-8-10-23-11-9-19/h2-5H,6-11H2,1H3,(H2,16,18,24)/b17-12-. The highest BCUT2D eigenvalue weighted by Crippen LogP contribution is 2.12. The molecule has 0 aliphatic carbocycles. The maximum atomic E-state index is 10.6. The third kappa shape index (κ3) is 5.84. The third-order valence-electron chi connectivity index (χ3n) is 3.64. The van der Waals surface area contributed by atoms with E-state index in [9.17, 15) is 10.1 Å². The smallest absolute Gasteiger partial charge is 0.269 e. The summed E-state index contributed by atoms with van der Waals surface area (Å²) in [5.41, 5.74) is 4.33. The molecule has 0 aromatic heterocycles. The van der Waals surface area contributed by atoms with Gasteiger partial charge >= 0.3 is 0 Å². The minimum atomic E-state index is -0.429. The fourth-order valence-electron chi connectivity index (χ4n) is 2.22. The summed E-state index contributed by atoms with van der Waals surface area (Å²) in [7, 11) is 0. The molecule has 2 N–H and O–H groups in total. The number of benzene rings is 1. The number of non-ortho nitro benzene ring substituents is 1. The Bertz CT molecular complexity index is 600. The van der Waals surface area contributed by atoms with Gasteiger partial charge in [-0.1, -0.05) is 0 Å². The van der Waals surface area contributed by atoms with Crippen LogP contribution in [0, 0.1) is 10.1 Å². The molecule has 1 saturated heterocycles. The lowest BCUT2D eigenvalue weighted by Gasteiger charge is -2.26. The van der Waals surface area contributed by atoms with Crippen LogP contribution in [0.4, 0.5) is 5.69 Å². The van der Waals surface area contributed by atoms with Crippen molar-refractivity contribution in [1.29, 1.82) is 0 Å². The van der Waals surface area contributed by atoms with Crippen LogP contribution in [-0.4, -0.2) is 60.0 Å². The number of ether oxygens (including phenoxy) is 1. The first-order chi connectivity index (χ1) is 11.6. The van der Waals surface area contributed by atoms with Crippen LogP contribution in [-0.2, 0) is 4.74 Å². The number of hydrogen-bond acceptors (Lipinski definition) is 6. The minimum Gasteiger partial charge on any atom is -0.379 e. The molecule has 0 atom stereocenters. The molecule has 0 radical (unpaired) electrons. The molecule has 1 heterocycles. The highest BCUT2D eigenvalue weighted by molar-refractivity contribution is 7.80. The monoisotopic (exact) mass is 351 g/mol. The van der Waals surface area contributed by atoms with Gasteiger partial charge < -0.3 is 10.1 Å². The van der Waals surface area contributed by atoms with Gasteiger partial charge in [0.2, 0.25) is 0 Å². The van der Waals surface area contributed by atoms with Gasteiger partial charge in [0.15, 0.2) is 5.11 Å². The van der Waals surface area contributed by atoms with E-state index >= 15 is 0 Å². The van der Waals surface area contributed by atoms with Gasteiger partial charge in [-0.3, -0.25) is 20.4 Å². The molecule has 0 saturated carbocycles. The Labute approximate surface area is 146 Å². The maximum Gasteiger partial charge on any atom is 0.269 e. The van der Waals surface area contributed by atoms with Gasteiger partial charge in [-0.2, -0.15) is 5.10 Å². The van der Waals surface area contributed by atoms with Crippen molar-refractivity contribution in [1.82, 2.24) is 15.6 Å². The zero-order chi connectivity index (χ0) is 17.4. The summed E-state index contributed by atoms with van der Waals surface area (Å²) in [4.78, 5) is 12.5. The van der Waals surface area contributed by atoms with Crippen LogP contribution in [0.1, 0.15) is 12.5 Å². The van der Waals surface area contributed by atoms with Crippen molar-refractivity contribution in [2.75, 3.05) is 39.4 Å². The van der Waals surface area contributed by atoms with Crippen LogP contribution in [0.5, 0.6) is 0 Å². The number of thiocarbonyl (C=S) groups is 1. The fourth-order valence-corrected chi connectivity index (χ4v) is 2.36. The van der Waals surface area contributed by atoms with Crippen molar-refractivity contribution >= 4 is 28.7 Å². The summed E-state index contributed by atoms with van der Waals surface area (Å²) in [6.45, 7) is 6.89. The number of morpholine rings is 1. The number of nitro groups is 1. The molecule has 1 aromatic carbocycles. The molecule has 24 heavy (non-hydrogen) atoms. The molecule has 1 aromatic rings. The lowest BCUT2D eigenvalue weighted by molar-refractivity contribution is -0.384. The predicted molar refractivity (Wildman–Crippen MR) is 96.3 cm³/mol. The van der Waals surface area contributed by atoms with E-state index in [1.165, 1.54) is 12.1 Å². The molecule has 1 aliphatic rings. The number of hydrogen-bond donors (Lipinski definition) is 2. The Kier molecular flexibility index (Phi) is 7.04. The lowest BCUT2D eigenvalue weighted by Crippen LogP contribution is -2.42. The van der Waals surface area contributed by atoms with Gasteiger partial charge in [-0.25, -0.2) is 0 Å². The molecule has 130 valence electrons. The molecule has 1 fully saturated rings. The van der Waals surface area contributed by atoms with E-state index in [2.05, 4.69) is 20.7 Å². The third-order valence-corrected chi connectivity index (χ3v) is 3.87. The first-order valence-electron chi connectivity index (χ1n) is 7.69. The summed E-state index contributed by atoms with van der Waals surface area (Å²) < 4.78 is 5.30. The second-order valence-corrected chi connectivity index (χ2v) is 5.73. The zero-order valence-electron chi connectivity index (χ0n) is 13.5. The van der Waals surface area contributed by atoms with E-state index in [1.807, 2.05) is 6.92 Å². The van der Waals surface area contributed by atoms with Crippen molar-refractivity contribution in [3.63, 3.8) is 0 Å². The summed E-state index contributed by atoms with van der Waals surface area (Å²) in [5.74, 6) is 0. The van der Waals surface area contributed by atoms with E-state index in [0.717, 1.165) is 45.0 Å². The van der Waals surface area contributed by atoms with Gasteiger partial charge in [0.05, 0.1) is 23.8 Å². The number of nitro benzene ring substituents is 1. The molecular weight excluding hydrogens is 330 g/mol. The molecule has 0 amide bonds. The van der Waals surface area contributed by atoms with Crippen molar-refractivity contribution in [2.45, 2.75) is 6.92 Å². The summed E-state index contributed by atoms with van der Waals surface area (Å²) in [6.07, 6.45) is 0. The van der Waals surface area contributed by atoms with Crippen LogP contribution < -0.4 is 10.7 Å². The highest BCUT2D eigenvalue weighted by Gasteiger charge is 2.09. The van der Waals surface area contributed by atoms with Gasteiger partial charge in [0.25, 0.3) is 5.69 Å². The Balaban J connectivity index is 1.74. The van der Waals surface area contributed by atoms with Crippen molar-refractivity contribution in [2.24, 2.45) is 5.10 Å². The summed E-state index contributed by atoms with van der Waals surface area (Å²) in [6, 6.07) is 6.22. The van der Waals surface area contributed by atoms with E-state index < -0.39 is 4.92 Å². The zero-order valence-corrected chi connectivity index (χ0v) is 14.3. The van der Waals surface area contributed by atoms with Gasteiger partial charge in [0.1, 0.15) is 0 Å². The number of nitrogens with zero attached hydrogens (tertiary/aromatic N) is 3. The summed E-state index contributed by atoms with van der Waals surface area (Å²) >= 11 is 5.18. The molecule has 2 rings (SSSR count). The quantitative estimate of drug-likeness (QED) is 0.343. The van der Waals surface area contributed by atoms with Crippen molar-refractivity contribution in [3.8, 4) is 0 Å². The topological polar surface area (TPSA) is 92.0 Å². The molecule has 1 aliphatic heterocycles. The van der Waals surface area contributed by atoms with Crippen LogP contribution in [0.25, 0.3) is 0 Å². The average Bonchev–Trinajstić information content (AvgIpc) is 2.60. The minimum absolute atomic E-state index is 0.0554. The number of nitrogens with one attached hydrogen (secondary N) is 2. The van der Waals surface area contributed by atoms with E-state index in [0.29, 0.717) is 10.8 Å². The van der Waals surface area contributed by atoms with E-state index in [-0.39, 0.29) is 5.69 Å². The molecule has 9 heteroatoms. The second-order valence-electron chi connectivity index (χ2n) is 5.32. The van der Waals surface area contributed by atoms with Crippen molar-refractivity contribution < 1.29 is 9.66 Å². The summed E-state index contributed by atoms with van der Waals surface area (Å²) in [5, 5.41) is 18.4. The van der Waals surface area contributed by atoms with Gasteiger partial charge in [-0.05, 0) is 36.8 Å². The van der Waals surface area contributed by atoms with E-state index in [4.69, 9.17) is 17.0 Å². The predicted octanol–water partition coefficient (Wildman–Crippen LogP) is 1.12. The lowest BCUT2D eigenvalue weighted by atomic mass is 10.1. The Morgan fingerprint density at radius 2 is 2.04 bits per heavy atom. The Morgan fingerprint density at radius 3 is 2.67 bits per heavy atom. The van der Waals surface area contributed by atoms with Gasteiger partial charge in [-0.15, -0.1) is 0 Å². The SMILES string of the molecule is C/C(=N/NC(=S)NCCN1CCOCC1)c1ccc([N+](=O)[O-])cc1. The molecule has 0 spiro atoms. The number of rotatable bonds is 6. The van der Waals surface area contributed by atoms with Crippen LogP contribution in [0.2, 0.25) is 0 Å². The molecular formula is C15H21N5O3S. The molecule has 8 nitrogen and oxygen atoms in total.